The second-order valence-corrected chi connectivity index (χ2v) is 6.15. The molecule has 2 aromatic carbocycles. The minimum absolute atomic E-state index is 0.266. The van der Waals surface area contributed by atoms with Gasteiger partial charge < -0.3 is 14.6 Å². The lowest BCUT2D eigenvalue weighted by Crippen LogP contribution is -2.26. The van der Waals surface area contributed by atoms with E-state index in [1.54, 1.807) is 42.5 Å². The molecule has 2 aromatic rings. The third-order valence-corrected chi connectivity index (χ3v) is 4.14. The molecule has 1 unspecified atom stereocenters. The second-order valence-electron chi connectivity index (χ2n) is 4.74. The topological polar surface area (TPSA) is 75.6 Å². The van der Waals surface area contributed by atoms with E-state index in [-0.39, 0.29) is 5.91 Å². The lowest BCUT2D eigenvalue weighted by molar-refractivity contribution is 0.0951. The van der Waals surface area contributed by atoms with Crippen LogP contribution >= 0.6 is 11.6 Å². The molecule has 23 heavy (non-hydrogen) atoms. The predicted octanol–water partition coefficient (Wildman–Crippen LogP) is 2.90. The van der Waals surface area contributed by atoms with Crippen molar-refractivity contribution >= 4 is 28.6 Å². The Kier molecular flexibility index (Phi) is 6.15. The van der Waals surface area contributed by atoms with Crippen LogP contribution in [0.15, 0.2) is 47.4 Å². The molecule has 0 bridgehead atoms. The van der Waals surface area contributed by atoms with Crippen molar-refractivity contribution in [3.05, 3.63) is 58.6 Å². The van der Waals surface area contributed by atoms with Gasteiger partial charge in [0, 0.05) is 11.6 Å². The van der Waals surface area contributed by atoms with Crippen molar-refractivity contribution in [3.63, 3.8) is 0 Å². The van der Waals surface area contributed by atoms with Crippen LogP contribution in [0, 0.1) is 0 Å². The molecule has 0 aliphatic carbocycles. The SMILES string of the molecule is COc1ccc(Cl)cc1C(=O)NCCc1ccc(S(=O)O)cc1. The molecule has 0 saturated carbocycles. The number of benzene rings is 2. The zero-order chi connectivity index (χ0) is 16.8. The van der Waals surface area contributed by atoms with E-state index in [0.717, 1.165) is 5.56 Å². The molecule has 0 spiro atoms. The molecule has 7 heteroatoms. The Balaban J connectivity index is 1.94. The molecule has 0 radical (unpaired) electrons. The smallest absolute Gasteiger partial charge is 0.255 e. The number of hydrogen-bond donors (Lipinski definition) is 2. The Hall–Kier alpha value is -1.89. The fourth-order valence-corrected chi connectivity index (χ4v) is 2.59. The summed E-state index contributed by atoms with van der Waals surface area (Å²) in [6, 6.07) is 11.6. The van der Waals surface area contributed by atoms with Gasteiger partial charge in [0.15, 0.2) is 11.1 Å². The molecular formula is C16H16ClNO4S. The molecule has 2 rings (SSSR count). The molecule has 1 amide bonds. The first-order chi connectivity index (χ1) is 11.0. The van der Waals surface area contributed by atoms with Gasteiger partial charge in [0.2, 0.25) is 0 Å². The number of ether oxygens (including phenoxy) is 1. The van der Waals surface area contributed by atoms with E-state index >= 15 is 0 Å². The van der Waals surface area contributed by atoms with Gasteiger partial charge in [-0.3, -0.25) is 4.79 Å². The van der Waals surface area contributed by atoms with E-state index in [9.17, 15) is 9.00 Å². The molecule has 2 N–H and O–H groups in total. The maximum atomic E-state index is 12.2. The maximum Gasteiger partial charge on any atom is 0.255 e. The third kappa shape index (κ3) is 4.79. The van der Waals surface area contributed by atoms with Crippen molar-refractivity contribution in [1.82, 2.24) is 5.32 Å². The summed E-state index contributed by atoms with van der Waals surface area (Å²) in [7, 11) is 1.49. The normalized spacial score (nSPS) is 11.8. The summed E-state index contributed by atoms with van der Waals surface area (Å²) in [5.41, 5.74) is 1.34. The highest BCUT2D eigenvalue weighted by molar-refractivity contribution is 7.79. The average Bonchev–Trinajstić information content (AvgIpc) is 2.55. The number of methoxy groups -OCH3 is 1. The molecule has 0 aromatic heterocycles. The Bertz CT molecular complexity index is 719. The summed E-state index contributed by atoms with van der Waals surface area (Å²) in [5, 5.41) is 3.26. The van der Waals surface area contributed by atoms with E-state index in [1.165, 1.54) is 7.11 Å². The largest absolute Gasteiger partial charge is 0.496 e. The molecule has 0 heterocycles. The van der Waals surface area contributed by atoms with Crippen molar-refractivity contribution in [2.24, 2.45) is 0 Å². The van der Waals surface area contributed by atoms with Crippen LogP contribution < -0.4 is 10.1 Å². The zero-order valence-corrected chi connectivity index (χ0v) is 14.0. The van der Waals surface area contributed by atoms with E-state index < -0.39 is 11.1 Å². The van der Waals surface area contributed by atoms with Crippen molar-refractivity contribution < 1.29 is 18.3 Å². The van der Waals surface area contributed by atoms with E-state index in [1.807, 2.05) is 0 Å². The first-order valence-electron chi connectivity index (χ1n) is 6.83. The van der Waals surface area contributed by atoms with Crippen LogP contribution in [0.3, 0.4) is 0 Å². The van der Waals surface area contributed by atoms with Gasteiger partial charge in [-0.1, -0.05) is 23.7 Å². The quantitative estimate of drug-likeness (QED) is 0.783. The predicted molar refractivity (Wildman–Crippen MR) is 89.5 cm³/mol. The summed E-state index contributed by atoms with van der Waals surface area (Å²) in [4.78, 5) is 12.5. The number of nitrogens with one attached hydrogen (secondary N) is 1. The average molecular weight is 354 g/mol. The van der Waals surface area contributed by atoms with Gasteiger partial charge in [0.05, 0.1) is 17.6 Å². The summed E-state index contributed by atoms with van der Waals surface area (Å²) in [6.07, 6.45) is 0.604. The van der Waals surface area contributed by atoms with Crippen LogP contribution in [0.5, 0.6) is 5.75 Å². The summed E-state index contributed by atoms with van der Waals surface area (Å²) < 4.78 is 25.0. The molecule has 5 nitrogen and oxygen atoms in total. The molecule has 0 aliphatic heterocycles. The van der Waals surface area contributed by atoms with Crippen molar-refractivity contribution in [2.45, 2.75) is 11.3 Å². The van der Waals surface area contributed by atoms with Crippen molar-refractivity contribution in [3.8, 4) is 5.75 Å². The van der Waals surface area contributed by atoms with Gasteiger partial charge in [0.1, 0.15) is 5.75 Å². The highest BCUT2D eigenvalue weighted by Crippen LogP contribution is 2.22. The molecular weight excluding hydrogens is 338 g/mol. The molecule has 122 valence electrons. The number of hydrogen-bond acceptors (Lipinski definition) is 3. The van der Waals surface area contributed by atoms with Crippen molar-refractivity contribution in [2.75, 3.05) is 13.7 Å². The zero-order valence-electron chi connectivity index (χ0n) is 12.4. The highest BCUT2D eigenvalue weighted by Gasteiger charge is 2.12. The van der Waals surface area contributed by atoms with Crippen molar-refractivity contribution in [1.29, 1.82) is 0 Å². The lowest BCUT2D eigenvalue weighted by Gasteiger charge is -2.10. The third-order valence-electron chi connectivity index (χ3n) is 3.23. The maximum absolute atomic E-state index is 12.2. The van der Waals surface area contributed by atoms with Crippen LogP contribution in [0.25, 0.3) is 0 Å². The van der Waals surface area contributed by atoms with Crippen LogP contribution in [-0.2, 0) is 17.5 Å². The van der Waals surface area contributed by atoms with Crippen LogP contribution in [0.1, 0.15) is 15.9 Å². The minimum Gasteiger partial charge on any atom is -0.496 e. The first kappa shape index (κ1) is 17.5. The van der Waals surface area contributed by atoms with Crippen LogP contribution in [0.2, 0.25) is 5.02 Å². The van der Waals surface area contributed by atoms with Crippen LogP contribution in [0.4, 0.5) is 0 Å². The fraction of sp³-hybridized carbons (Fsp3) is 0.188. The summed E-state index contributed by atoms with van der Waals surface area (Å²) >= 11 is 3.93. The highest BCUT2D eigenvalue weighted by atomic mass is 35.5. The monoisotopic (exact) mass is 353 g/mol. The molecule has 0 saturated heterocycles. The van der Waals surface area contributed by atoms with Crippen LogP contribution in [-0.4, -0.2) is 28.3 Å². The Morgan fingerprint density at radius 3 is 2.57 bits per heavy atom. The van der Waals surface area contributed by atoms with Gasteiger partial charge in [0.25, 0.3) is 5.91 Å². The Labute approximate surface area is 141 Å². The Morgan fingerprint density at radius 1 is 1.26 bits per heavy atom. The van der Waals surface area contributed by atoms with Gasteiger partial charge in [-0.15, -0.1) is 0 Å². The summed E-state index contributed by atoms with van der Waals surface area (Å²) in [6.45, 7) is 0.427. The van der Waals surface area contributed by atoms with Gasteiger partial charge in [-0.25, -0.2) is 4.21 Å². The minimum atomic E-state index is -1.98. The molecule has 0 aliphatic rings. The number of carbonyl (C=O) groups excluding carboxylic acids is 1. The van der Waals surface area contributed by atoms with E-state index in [0.29, 0.717) is 34.2 Å². The van der Waals surface area contributed by atoms with Gasteiger partial charge in [-0.05, 0) is 42.3 Å². The lowest BCUT2D eigenvalue weighted by atomic mass is 10.1. The first-order valence-corrected chi connectivity index (χ1v) is 8.31. The fourth-order valence-electron chi connectivity index (χ4n) is 2.05. The number of halogens is 1. The number of rotatable bonds is 6. The number of amides is 1. The number of carbonyl (C=O) groups is 1. The second kappa shape index (κ2) is 8.10. The van der Waals surface area contributed by atoms with E-state index in [2.05, 4.69) is 5.32 Å². The standard InChI is InChI=1S/C16H16ClNO4S/c1-22-15-7-4-12(17)10-14(15)16(19)18-9-8-11-2-5-13(6-3-11)23(20)21/h2-7,10H,8-9H2,1H3,(H,18,19)(H,20,21). The Morgan fingerprint density at radius 2 is 1.96 bits per heavy atom. The molecule has 1 atom stereocenters. The van der Waals surface area contributed by atoms with E-state index in [4.69, 9.17) is 20.9 Å². The van der Waals surface area contributed by atoms with Gasteiger partial charge >= 0.3 is 0 Å². The summed E-state index contributed by atoms with van der Waals surface area (Å²) in [5.74, 6) is 0.194. The molecule has 0 fully saturated rings. The van der Waals surface area contributed by atoms with Gasteiger partial charge in [-0.2, -0.15) is 0 Å².